The highest BCUT2D eigenvalue weighted by molar-refractivity contribution is 8.00. The number of fused-ring (bicyclic) bond motifs is 1. The molecule has 0 bridgehead atoms. The average molecular weight is 262 g/mol. The molecule has 0 amide bonds. The van der Waals surface area contributed by atoms with Crippen LogP contribution in [-0.4, -0.2) is 48.5 Å². The Kier molecular flexibility index (Phi) is 3.77. The Balaban J connectivity index is 1.87. The molecule has 100 valence electrons. The molecule has 2 saturated heterocycles. The van der Waals surface area contributed by atoms with E-state index in [0.29, 0.717) is 11.9 Å². The largest absolute Gasteiger partial charge is 0.354 e. The van der Waals surface area contributed by atoms with Gasteiger partial charge in [0.05, 0.1) is 18.0 Å². The summed E-state index contributed by atoms with van der Waals surface area (Å²) in [6, 6.07) is 0. The summed E-state index contributed by atoms with van der Waals surface area (Å²) in [5.74, 6) is -0.00546. The van der Waals surface area contributed by atoms with Crippen LogP contribution in [0.2, 0.25) is 0 Å². The van der Waals surface area contributed by atoms with Crippen molar-refractivity contribution in [3.05, 3.63) is 0 Å². The minimum absolute atomic E-state index is 0.141. The minimum Gasteiger partial charge on any atom is -0.354 e. The Hall–Kier alpha value is 0.190. The van der Waals surface area contributed by atoms with E-state index >= 15 is 0 Å². The number of hydrogen-bond acceptors (Lipinski definition) is 5. The normalized spacial score (nSPS) is 36.2. The van der Waals surface area contributed by atoms with Crippen LogP contribution in [0, 0.1) is 0 Å². The lowest BCUT2D eigenvalue weighted by molar-refractivity contribution is -0.200. The first-order chi connectivity index (χ1) is 7.83. The number of thioether (sulfide) groups is 1. The van der Waals surface area contributed by atoms with Gasteiger partial charge in [-0.1, -0.05) is 0 Å². The van der Waals surface area contributed by atoms with E-state index in [4.69, 9.17) is 18.9 Å². The van der Waals surface area contributed by atoms with Crippen molar-refractivity contribution in [1.29, 1.82) is 0 Å². The highest BCUT2D eigenvalue weighted by Crippen LogP contribution is 2.41. The van der Waals surface area contributed by atoms with E-state index in [1.165, 1.54) is 0 Å². The van der Waals surface area contributed by atoms with E-state index in [1.54, 1.807) is 7.11 Å². The molecule has 2 aliphatic rings. The van der Waals surface area contributed by atoms with Crippen molar-refractivity contribution in [1.82, 2.24) is 0 Å². The average Bonchev–Trinajstić information content (AvgIpc) is 2.71. The third kappa shape index (κ3) is 3.15. The molecule has 0 radical (unpaired) electrons. The second kappa shape index (κ2) is 4.70. The zero-order valence-electron chi connectivity index (χ0n) is 11.2. The molecular weight excluding hydrogens is 240 g/mol. The van der Waals surface area contributed by atoms with Crippen molar-refractivity contribution in [2.45, 2.75) is 56.7 Å². The summed E-state index contributed by atoms with van der Waals surface area (Å²) in [6.07, 6.45) is 0.344. The SMILES string of the molecule is COC(C)(C)OC[C@@H]1SCC2OC(C)(C)OC21. The molecule has 2 heterocycles. The van der Waals surface area contributed by atoms with Crippen LogP contribution in [0.3, 0.4) is 0 Å². The summed E-state index contributed by atoms with van der Waals surface area (Å²) in [4.78, 5) is 0. The molecule has 17 heavy (non-hydrogen) atoms. The lowest BCUT2D eigenvalue weighted by Gasteiger charge is -2.27. The van der Waals surface area contributed by atoms with Crippen molar-refractivity contribution in [3.63, 3.8) is 0 Å². The summed E-state index contributed by atoms with van der Waals surface area (Å²) in [5.41, 5.74) is 0. The van der Waals surface area contributed by atoms with E-state index in [0.717, 1.165) is 5.75 Å². The zero-order valence-corrected chi connectivity index (χ0v) is 12.0. The molecule has 0 N–H and O–H groups in total. The van der Waals surface area contributed by atoms with Crippen LogP contribution in [0.5, 0.6) is 0 Å². The Morgan fingerprint density at radius 3 is 2.71 bits per heavy atom. The lowest BCUT2D eigenvalue weighted by Crippen LogP contribution is -2.35. The standard InChI is InChI=1S/C12H22O4S/c1-11(2,13-5)14-6-9-10-8(7-17-9)15-12(3,4)16-10/h8-10H,6-7H2,1-5H3/t8?,9-,10?/m0/s1. The number of hydrogen-bond donors (Lipinski definition) is 0. The maximum absolute atomic E-state index is 5.92. The quantitative estimate of drug-likeness (QED) is 0.725. The van der Waals surface area contributed by atoms with Gasteiger partial charge in [-0.25, -0.2) is 0 Å². The van der Waals surface area contributed by atoms with Crippen LogP contribution >= 0.6 is 11.8 Å². The van der Waals surface area contributed by atoms with E-state index in [-0.39, 0.29) is 12.2 Å². The first-order valence-corrected chi connectivity index (χ1v) is 7.04. The molecule has 2 aliphatic heterocycles. The van der Waals surface area contributed by atoms with Crippen molar-refractivity contribution in [2.75, 3.05) is 19.5 Å². The Morgan fingerprint density at radius 2 is 2.06 bits per heavy atom. The second-order valence-electron chi connectivity index (χ2n) is 5.43. The van der Waals surface area contributed by atoms with E-state index in [2.05, 4.69) is 0 Å². The maximum atomic E-state index is 5.92. The Bertz CT molecular complexity index is 280. The van der Waals surface area contributed by atoms with Crippen molar-refractivity contribution < 1.29 is 18.9 Å². The summed E-state index contributed by atoms with van der Waals surface area (Å²) >= 11 is 1.86. The predicted molar refractivity (Wildman–Crippen MR) is 67.1 cm³/mol. The highest BCUT2D eigenvalue weighted by Gasteiger charge is 2.49. The number of ether oxygens (including phenoxy) is 4. The van der Waals surface area contributed by atoms with Gasteiger partial charge in [-0.3, -0.25) is 0 Å². The first kappa shape index (κ1) is 13.6. The van der Waals surface area contributed by atoms with Gasteiger partial charge >= 0.3 is 0 Å². The van der Waals surface area contributed by atoms with Crippen LogP contribution in [0.1, 0.15) is 27.7 Å². The molecule has 0 spiro atoms. The van der Waals surface area contributed by atoms with Crippen LogP contribution < -0.4 is 0 Å². The van der Waals surface area contributed by atoms with Crippen molar-refractivity contribution >= 4 is 11.8 Å². The second-order valence-corrected chi connectivity index (χ2v) is 6.70. The van der Waals surface area contributed by atoms with Gasteiger partial charge in [0.1, 0.15) is 6.10 Å². The van der Waals surface area contributed by atoms with Crippen LogP contribution in [0.25, 0.3) is 0 Å². The molecule has 4 nitrogen and oxygen atoms in total. The minimum atomic E-state index is -0.534. The van der Waals surface area contributed by atoms with Crippen LogP contribution in [0.15, 0.2) is 0 Å². The molecule has 0 aromatic heterocycles. The van der Waals surface area contributed by atoms with Crippen LogP contribution in [0.4, 0.5) is 0 Å². The first-order valence-electron chi connectivity index (χ1n) is 5.99. The van der Waals surface area contributed by atoms with E-state index < -0.39 is 11.6 Å². The predicted octanol–water partition coefficient (Wildman–Crippen LogP) is 2.02. The molecule has 0 aromatic carbocycles. The molecular formula is C12H22O4S. The summed E-state index contributed by atoms with van der Waals surface area (Å²) in [7, 11) is 1.66. The van der Waals surface area contributed by atoms with Gasteiger partial charge in [0.15, 0.2) is 11.6 Å². The van der Waals surface area contributed by atoms with E-state index in [9.17, 15) is 0 Å². The van der Waals surface area contributed by atoms with Gasteiger partial charge < -0.3 is 18.9 Å². The van der Waals surface area contributed by atoms with Gasteiger partial charge in [-0.05, 0) is 27.7 Å². The molecule has 2 fully saturated rings. The van der Waals surface area contributed by atoms with Gasteiger partial charge in [-0.2, -0.15) is 11.8 Å². The molecule has 0 saturated carbocycles. The molecule has 0 aromatic rings. The number of rotatable bonds is 4. The third-order valence-electron chi connectivity index (χ3n) is 3.15. The molecule has 3 atom stereocenters. The van der Waals surface area contributed by atoms with Crippen LogP contribution in [-0.2, 0) is 18.9 Å². The maximum Gasteiger partial charge on any atom is 0.163 e. The van der Waals surface area contributed by atoms with E-state index in [1.807, 2.05) is 39.5 Å². The Labute approximate surface area is 107 Å². The summed E-state index contributed by atoms with van der Waals surface area (Å²) in [6.45, 7) is 8.40. The van der Waals surface area contributed by atoms with Gasteiger partial charge in [-0.15, -0.1) is 0 Å². The molecule has 2 unspecified atom stereocenters. The van der Waals surface area contributed by atoms with Gasteiger partial charge in [0.25, 0.3) is 0 Å². The van der Waals surface area contributed by atoms with Crippen molar-refractivity contribution in [2.24, 2.45) is 0 Å². The fraction of sp³-hybridized carbons (Fsp3) is 1.00. The fourth-order valence-electron chi connectivity index (χ4n) is 2.11. The zero-order chi connectivity index (χ0) is 12.7. The highest BCUT2D eigenvalue weighted by atomic mass is 32.2. The lowest BCUT2D eigenvalue weighted by atomic mass is 10.2. The number of methoxy groups -OCH3 is 1. The summed E-state index contributed by atoms with van der Waals surface area (Å²) < 4.78 is 22.8. The molecule has 2 rings (SSSR count). The third-order valence-corrected chi connectivity index (χ3v) is 4.50. The summed E-state index contributed by atoms with van der Waals surface area (Å²) in [5, 5.41) is 0.330. The molecule has 0 aliphatic carbocycles. The molecule has 5 heteroatoms. The Morgan fingerprint density at radius 1 is 1.35 bits per heavy atom. The fourth-order valence-corrected chi connectivity index (χ4v) is 3.38. The van der Waals surface area contributed by atoms with Crippen molar-refractivity contribution in [3.8, 4) is 0 Å². The monoisotopic (exact) mass is 262 g/mol. The van der Waals surface area contributed by atoms with Gasteiger partial charge in [0, 0.05) is 12.9 Å². The topological polar surface area (TPSA) is 36.9 Å². The van der Waals surface area contributed by atoms with Gasteiger partial charge in [0.2, 0.25) is 0 Å². The smallest absolute Gasteiger partial charge is 0.163 e.